The van der Waals surface area contributed by atoms with E-state index in [1.807, 2.05) is 13.0 Å². The number of aryl methyl sites for hydroxylation is 1. The zero-order chi connectivity index (χ0) is 37.9. The Kier molecular flexibility index (Phi) is 14.1. The summed E-state index contributed by atoms with van der Waals surface area (Å²) in [5, 5.41) is 14.5. The summed E-state index contributed by atoms with van der Waals surface area (Å²) >= 11 is 0. The van der Waals surface area contributed by atoms with Crippen LogP contribution in [0.2, 0.25) is 0 Å². The minimum Gasteiger partial charge on any atom is -0.493 e. The summed E-state index contributed by atoms with van der Waals surface area (Å²) in [5.74, 6) is 0.421. The van der Waals surface area contributed by atoms with Crippen LogP contribution in [0.3, 0.4) is 0 Å². The van der Waals surface area contributed by atoms with Crippen LogP contribution in [0.25, 0.3) is 0 Å². The molecular weight excluding hydrogens is 680 g/mol. The zero-order valence-electron chi connectivity index (χ0n) is 30.5. The van der Waals surface area contributed by atoms with Gasteiger partial charge in [0.1, 0.15) is 31.6 Å². The second kappa shape index (κ2) is 18.5. The topological polar surface area (TPSA) is 170 Å². The van der Waals surface area contributed by atoms with Crippen molar-refractivity contribution in [3.63, 3.8) is 0 Å². The van der Waals surface area contributed by atoms with E-state index in [2.05, 4.69) is 18.5 Å². The second-order valence-corrected chi connectivity index (χ2v) is 12.0. The Morgan fingerprint density at radius 3 is 2.40 bits per heavy atom. The first kappa shape index (κ1) is 39.8. The average Bonchev–Trinajstić information content (AvgIpc) is 3.63. The Morgan fingerprint density at radius 1 is 1.04 bits per heavy atom. The predicted octanol–water partition coefficient (Wildman–Crippen LogP) is 4.00. The van der Waals surface area contributed by atoms with E-state index in [-0.39, 0.29) is 52.2 Å². The van der Waals surface area contributed by atoms with E-state index in [9.17, 15) is 19.5 Å². The quantitative estimate of drug-likeness (QED) is 0.0978. The first-order valence-corrected chi connectivity index (χ1v) is 16.8. The van der Waals surface area contributed by atoms with Crippen molar-refractivity contribution in [2.45, 2.75) is 58.3 Å². The highest BCUT2D eigenvalue weighted by Crippen LogP contribution is 2.49. The van der Waals surface area contributed by atoms with Gasteiger partial charge in [-0.25, -0.2) is 9.59 Å². The van der Waals surface area contributed by atoms with E-state index < -0.39 is 48.8 Å². The molecule has 0 radical (unpaired) electrons. The summed E-state index contributed by atoms with van der Waals surface area (Å²) in [6.45, 7) is 13.0. The Balaban J connectivity index is 1.99. The molecule has 2 aliphatic heterocycles. The molecule has 2 heterocycles. The van der Waals surface area contributed by atoms with Crippen LogP contribution in [-0.4, -0.2) is 101 Å². The van der Waals surface area contributed by atoms with E-state index in [0.717, 1.165) is 11.1 Å². The third kappa shape index (κ3) is 8.54. The number of methoxy groups -OCH3 is 2. The smallest absolute Gasteiger partial charge is 0.411 e. The normalized spacial score (nSPS) is 16.9. The standard InChI is InChI=1S/C37H48N2O13/c1-9-12-47-35-29-24(14-21(4)32(35)45-8)15-25(18-49-23(6)41)39(37(43)48-13-10-2)31(29)27(17-40)38-30(36(42)46-11-3)26-16-28(50-19-44-7)22(5)33-34(26)52-20-51-33/h9-10,14,16,25,27,30-31,38,40H,1-2,11-13,15,17-20H2,3-8H3/t25-,27-,30-,31+/m0/s1. The van der Waals surface area contributed by atoms with Crippen molar-refractivity contribution in [1.29, 1.82) is 0 Å². The number of aliphatic hydroxyl groups excluding tert-OH is 1. The molecule has 0 unspecified atom stereocenters. The largest absolute Gasteiger partial charge is 0.493 e. The fourth-order valence-electron chi connectivity index (χ4n) is 6.47. The Labute approximate surface area is 303 Å². The molecule has 0 aromatic heterocycles. The highest BCUT2D eigenvalue weighted by atomic mass is 16.7. The Hall–Kier alpha value is -4.99. The molecule has 0 saturated heterocycles. The van der Waals surface area contributed by atoms with Crippen LogP contribution in [0.4, 0.5) is 4.79 Å². The van der Waals surface area contributed by atoms with Crippen LogP contribution >= 0.6 is 0 Å². The molecule has 1 amide bonds. The summed E-state index contributed by atoms with van der Waals surface area (Å²) in [4.78, 5) is 41.4. The lowest BCUT2D eigenvalue weighted by Crippen LogP contribution is -2.57. The molecule has 2 aliphatic rings. The second-order valence-electron chi connectivity index (χ2n) is 12.0. The van der Waals surface area contributed by atoms with Crippen molar-refractivity contribution in [3.8, 4) is 28.7 Å². The first-order valence-electron chi connectivity index (χ1n) is 16.8. The van der Waals surface area contributed by atoms with Crippen LogP contribution < -0.4 is 29.0 Å². The number of rotatable bonds is 18. The minimum atomic E-state index is -1.30. The first-order chi connectivity index (χ1) is 25.1. The maximum atomic E-state index is 14.1. The van der Waals surface area contributed by atoms with Gasteiger partial charge in [-0.05, 0) is 44.4 Å². The van der Waals surface area contributed by atoms with Crippen LogP contribution in [0, 0.1) is 13.8 Å². The lowest BCUT2D eigenvalue weighted by Gasteiger charge is -2.46. The number of ether oxygens (including phenoxy) is 9. The van der Waals surface area contributed by atoms with Gasteiger partial charge in [0.05, 0.1) is 38.4 Å². The molecule has 0 aliphatic carbocycles. The van der Waals surface area contributed by atoms with E-state index in [4.69, 9.17) is 42.6 Å². The third-order valence-electron chi connectivity index (χ3n) is 8.55. The highest BCUT2D eigenvalue weighted by molar-refractivity contribution is 5.80. The molecule has 2 aromatic rings. The van der Waals surface area contributed by atoms with E-state index in [1.165, 1.54) is 32.1 Å². The summed E-state index contributed by atoms with van der Waals surface area (Å²) in [6.07, 6.45) is 2.40. The SMILES string of the molecule is C=CCOC(=O)N1[C@H](COC(C)=O)Cc2cc(C)c(OC)c(OCC=C)c2[C@H]1[C@H](CO)N[C@H](C(=O)OCC)c1cc(OCOC)c(C)c2c1OCO2. The molecule has 2 aromatic carbocycles. The number of fused-ring (bicyclic) bond motifs is 2. The number of nitrogens with zero attached hydrogens (tertiary/aromatic N) is 1. The molecule has 0 saturated carbocycles. The van der Waals surface area contributed by atoms with Crippen molar-refractivity contribution in [2.24, 2.45) is 0 Å². The average molecular weight is 729 g/mol. The number of aliphatic hydroxyl groups is 1. The maximum absolute atomic E-state index is 14.1. The van der Waals surface area contributed by atoms with Gasteiger partial charge < -0.3 is 47.7 Å². The number of amides is 1. The number of esters is 2. The van der Waals surface area contributed by atoms with Crippen LogP contribution in [0.5, 0.6) is 28.7 Å². The summed E-state index contributed by atoms with van der Waals surface area (Å²) in [7, 11) is 2.97. The molecule has 0 bridgehead atoms. The van der Waals surface area contributed by atoms with Gasteiger partial charge in [0.2, 0.25) is 6.79 Å². The predicted molar refractivity (Wildman–Crippen MR) is 187 cm³/mol. The van der Waals surface area contributed by atoms with Crippen molar-refractivity contribution < 1.29 is 62.1 Å². The van der Waals surface area contributed by atoms with Crippen molar-refractivity contribution >= 4 is 18.0 Å². The van der Waals surface area contributed by atoms with E-state index >= 15 is 0 Å². The molecule has 0 spiro atoms. The van der Waals surface area contributed by atoms with Gasteiger partial charge in [-0.3, -0.25) is 15.0 Å². The number of hydrogen-bond acceptors (Lipinski definition) is 14. The molecule has 4 atom stereocenters. The monoisotopic (exact) mass is 728 g/mol. The number of nitrogens with one attached hydrogen (secondary N) is 1. The van der Waals surface area contributed by atoms with Gasteiger partial charge in [-0.1, -0.05) is 31.4 Å². The highest BCUT2D eigenvalue weighted by Gasteiger charge is 2.47. The van der Waals surface area contributed by atoms with Crippen molar-refractivity contribution in [3.05, 3.63) is 65.3 Å². The summed E-state index contributed by atoms with van der Waals surface area (Å²) in [6, 6.07) is -0.812. The van der Waals surface area contributed by atoms with Gasteiger partial charge in [-0.2, -0.15) is 0 Å². The zero-order valence-corrected chi connectivity index (χ0v) is 30.5. The number of carbonyl (C=O) groups excluding carboxylic acids is 3. The molecule has 0 fully saturated rings. The van der Waals surface area contributed by atoms with Gasteiger partial charge in [0.25, 0.3) is 0 Å². The van der Waals surface area contributed by atoms with Gasteiger partial charge >= 0.3 is 18.0 Å². The number of hydrogen-bond donors (Lipinski definition) is 2. The lowest BCUT2D eigenvalue weighted by molar-refractivity contribution is -0.147. The molecule has 15 heteroatoms. The maximum Gasteiger partial charge on any atom is 0.411 e. The number of benzene rings is 2. The van der Waals surface area contributed by atoms with Crippen LogP contribution in [0.15, 0.2) is 37.4 Å². The van der Waals surface area contributed by atoms with Crippen molar-refractivity contribution in [1.82, 2.24) is 10.2 Å². The van der Waals surface area contributed by atoms with Gasteiger partial charge in [0.15, 0.2) is 29.8 Å². The van der Waals surface area contributed by atoms with Crippen molar-refractivity contribution in [2.75, 3.05) is 60.8 Å². The van der Waals surface area contributed by atoms with E-state index in [0.29, 0.717) is 39.7 Å². The van der Waals surface area contributed by atoms with Crippen LogP contribution in [0.1, 0.15) is 53.7 Å². The molecular formula is C37H48N2O13. The molecule has 284 valence electrons. The third-order valence-corrected chi connectivity index (χ3v) is 8.55. The van der Waals surface area contributed by atoms with Crippen LogP contribution in [-0.2, 0) is 35.0 Å². The summed E-state index contributed by atoms with van der Waals surface area (Å²) < 4.78 is 51.2. The van der Waals surface area contributed by atoms with Gasteiger partial charge in [-0.15, -0.1) is 0 Å². The molecule has 2 N–H and O–H groups in total. The minimum absolute atomic E-state index is 0.0337. The van der Waals surface area contributed by atoms with E-state index in [1.54, 1.807) is 26.0 Å². The fraction of sp³-hybridized carbons (Fsp3) is 0.486. The molecule has 4 rings (SSSR count). The molecule has 52 heavy (non-hydrogen) atoms. The fourth-order valence-corrected chi connectivity index (χ4v) is 6.47. The lowest BCUT2D eigenvalue weighted by atomic mass is 9.82. The Bertz CT molecular complexity index is 1630. The van der Waals surface area contributed by atoms with Gasteiger partial charge in [0, 0.05) is 30.7 Å². The number of carbonyl (C=O) groups is 3. The summed E-state index contributed by atoms with van der Waals surface area (Å²) in [5.41, 5.74) is 2.85. The Morgan fingerprint density at radius 2 is 1.77 bits per heavy atom. The molecule has 15 nitrogen and oxygen atoms in total.